The van der Waals surface area contributed by atoms with Crippen LogP contribution in [0.15, 0.2) is 36.1 Å². The number of hydrogen-bond acceptors (Lipinski definition) is 3. The van der Waals surface area contributed by atoms with Crippen molar-refractivity contribution in [2.45, 2.75) is 13.8 Å². The van der Waals surface area contributed by atoms with Gasteiger partial charge < -0.3 is 9.47 Å². The Bertz CT molecular complexity index is 380. The summed E-state index contributed by atoms with van der Waals surface area (Å²) in [6.07, 6.45) is 1.85. The Labute approximate surface area is 89.3 Å². The monoisotopic (exact) mass is 206 g/mol. The van der Waals surface area contributed by atoms with Crippen molar-refractivity contribution < 1.29 is 14.3 Å². The van der Waals surface area contributed by atoms with Crippen LogP contribution in [0.25, 0.3) is 0 Å². The summed E-state index contributed by atoms with van der Waals surface area (Å²) in [5.41, 5.74) is 0.485. The zero-order valence-corrected chi connectivity index (χ0v) is 9.11. The molecule has 0 N–H and O–H groups in total. The normalized spacial score (nSPS) is 11.0. The Morgan fingerprint density at radius 1 is 1.40 bits per heavy atom. The number of allylic oxidation sites excluding steroid dienone is 2. The zero-order chi connectivity index (χ0) is 11.3. The molecule has 1 rings (SSSR count). The van der Waals surface area contributed by atoms with E-state index in [-0.39, 0.29) is 5.97 Å². The predicted octanol–water partition coefficient (Wildman–Crippen LogP) is 2.78. The quantitative estimate of drug-likeness (QED) is 0.563. The highest BCUT2D eigenvalue weighted by atomic mass is 16.5. The molecule has 0 unspecified atom stereocenters. The van der Waals surface area contributed by atoms with Crippen molar-refractivity contribution in [1.29, 1.82) is 0 Å². The summed E-state index contributed by atoms with van der Waals surface area (Å²) in [5, 5.41) is 0. The summed E-state index contributed by atoms with van der Waals surface area (Å²) in [7, 11) is 1.35. The number of carbonyl (C=O) groups excluding carboxylic acids is 1. The molecule has 80 valence electrons. The lowest BCUT2D eigenvalue weighted by Crippen LogP contribution is -2.01. The fourth-order valence-corrected chi connectivity index (χ4v) is 1.05. The van der Waals surface area contributed by atoms with Crippen LogP contribution in [0.4, 0.5) is 0 Å². The molecule has 1 aromatic carbocycles. The largest absolute Gasteiger partial charge is 0.465 e. The van der Waals surface area contributed by atoms with Crippen molar-refractivity contribution in [1.82, 2.24) is 0 Å². The third-order valence-electron chi connectivity index (χ3n) is 1.94. The van der Waals surface area contributed by atoms with E-state index in [9.17, 15) is 4.79 Å². The van der Waals surface area contributed by atoms with Crippen LogP contribution in [0.5, 0.6) is 5.75 Å². The Kier molecular flexibility index (Phi) is 3.92. The number of esters is 1. The third-order valence-corrected chi connectivity index (χ3v) is 1.94. The van der Waals surface area contributed by atoms with E-state index in [0.717, 1.165) is 5.76 Å². The molecule has 0 radical (unpaired) electrons. The van der Waals surface area contributed by atoms with Crippen LogP contribution in [0.1, 0.15) is 24.2 Å². The average molecular weight is 206 g/mol. The van der Waals surface area contributed by atoms with Crippen LogP contribution < -0.4 is 4.74 Å². The zero-order valence-electron chi connectivity index (χ0n) is 9.11. The Morgan fingerprint density at radius 2 is 2.13 bits per heavy atom. The number of hydrogen-bond donors (Lipinski definition) is 0. The van der Waals surface area contributed by atoms with Crippen LogP contribution in [-0.2, 0) is 4.74 Å². The topological polar surface area (TPSA) is 35.5 Å². The molecule has 3 nitrogen and oxygen atoms in total. The molecule has 0 aliphatic rings. The fourth-order valence-electron chi connectivity index (χ4n) is 1.05. The van der Waals surface area contributed by atoms with Gasteiger partial charge in [0.15, 0.2) is 0 Å². The highest BCUT2D eigenvalue weighted by Crippen LogP contribution is 2.16. The van der Waals surface area contributed by atoms with Gasteiger partial charge in [-0.1, -0.05) is 6.07 Å². The molecular weight excluding hydrogens is 192 g/mol. The van der Waals surface area contributed by atoms with Gasteiger partial charge >= 0.3 is 5.97 Å². The van der Waals surface area contributed by atoms with Crippen LogP contribution in [0.2, 0.25) is 0 Å². The number of ether oxygens (including phenoxy) is 2. The maximum atomic E-state index is 11.2. The summed E-state index contributed by atoms with van der Waals surface area (Å²) < 4.78 is 10.1. The second kappa shape index (κ2) is 5.20. The van der Waals surface area contributed by atoms with Crippen molar-refractivity contribution in [2.75, 3.05) is 7.11 Å². The molecule has 0 aliphatic carbocycles. The van der Waals surface area contributed by atoms with Gasteiger partial charge in [0.25, 0.3) is 0 Å². The summed E-state index contributed by atoms with van der Waals surface area (Å²) in [5.74, 6) is 1.06. The summed E-state index contributed by atoms with van der Waals surface area (Å²) >= 11 is 0. The molecule has 15 heavy (non-hydrogen) atoms. The van der Waals surface area contributed by atoms with E-state index >= 15 is 0 Å². The SMILES string of the molecule is CC=C(C)Oc1cccc(C(=O)OC)c1. The van der Waals surface area contributed by atoms with Gasteiger partial charge in [0.05, 0.1) is 18.4 Å². The van der Waals surface area contributed by atoms with E-state index in [1.165, 1.54) is 7.11 Å². The van der Waals surface area contributed by atoms with Crippen molar-refractivity contribution in [3.63, 3.8) is 0 Å². The maximum absolute atomic E-state index is 11.2. The summed E-state index contributed by atoms with van der Waals surface area (Å²) in [6.45, 7) is 3.74. The smallest absolute Gasteiger partial charge is 0.337 e. The van der Waals surface area contributed by atoms with E-state index in [1.54, 1.807) is 24.3 Å². The summed E-state index contributed by atoms with van der Waals surface area (Å²) in [4.78, 5) is 11.2. The third kappa shape index (κ3) is 3.13. The second-order valence-electron chi connectivity index (χ2n) is 3.02. The van der Waals surface area contributed by atoms with Crippen LogP contribution >= 0.6 is 0 Å². The molecule has 3 heteroatoms. The molecule has 0 spiro atoms. The van der Waals surface area contributed by atoms with Crippen LogP contribution in [-0.4, -0.2) is 13.1 Å². The van der Waals surface area contributed by atoms with Gasteiger partial charge in [0, 0.05) is 0 Å². The molecular formula is C12H14O3. The van der Waals surface area contributed by atoms with Gasteiger partial charge in [-0.05, 0) is 38.1 Å². The maximum Gasteiger partial charge on any atom is 0.337 e. The van der Waals surface area contributed by atoms with Gasteiger partial charge in [0.1, 0.15) is 5.75 Å². The lowest BCUT2D eigenvalue weighted by atomic mass is 10.2. The van der Waals surface area contributed by atoms with E-state index in [4.69, 9.17) is 4.74 Å². The minimum atomic E-state index is -0.362. The van der Waals surface area contributed by atoms with Gasteiger partial charge in [-0.3, -0.25) is 0 Å². The van der Waals surface area contributed by atoms with Crippen molar-refractivity contribution in [2.24, 2.45) is 0 Å². The van der Waals surface area contributed by atoms with Gasteiger partial charge in [0.2, 0.25) is 0 Å². The van der Waals surface area contributed by atoms with Gasteiger partial charge in [-0.25, -0.2) is 4.79 Å². The summed E-state index contributed by atoms with van der Waals surface area (Å²) in [6, 6.07) is 6.88. The Hall–Kier alpha value is -1.77. The molecule has 1 aromatic rings. The number of benzene rings is 1. The highest BCUT2D eigenvalue weighted by molar-refractivity contribution is 5.89. The molecule has 0 amide bonds. The van der Waals surface area contributed by atoms with Gasteiger partial charge in [-0.2, -0.15) is 0 Å². The minimum absolute atomic E-state index is 0.362. The average Bonchev–Trinajstić information content (AvgIpc) is 2.28. The standard InChI is InChI=1S/C12H14O3/c1-4-9(2)15-11-7-5-6-10(8-11)12(13)14-3/h4-8H,1-3H3. The van der Waals surface area contributed by atoms with Crippen molar-refractivity contribution >= 4 is 5.97 Å². The van der Waals surface area contributed by atoms with Crippen LogP contribution in [0, 0.1) is 0 Å². The number of rotatable bonds is 3. The lowest BCUT2D eigenvalue weighted by molar-refractivity contribution is 0.0600. The van der Waals surface area contributed by atoms with Crippen molar-refractivity contribution in [3.8, 4) is 5.75 Å². The molecule has 0 saturated carbocycles. The first kappa shape index (κ1) is 11.3. The number of methoxy groups -OCH3 is 1. The Balaban J connectivity index is 2.88. The first-order chi connectivity index (χ1) is 7.17. The van der Waals surface area contributed by atoms with E-state index < -0.39 is 0 Å². The fraction of sp³-hybridized carbons (Fsp3) is 0.250. The Morgan fingerprint density at radius 3 is 2.73 bits per heavy atom. The molecule has 0 aromatic heterocycles. The van der Waals surface area contributed by atoms with Crippen LogP contribution in [0.3, 0.4) is 0 Å². The van der Waals surface area contributed by atoms with E-state index in [1.807, 2.05) is 19.9 Å². The molecule has 0 atom stereocenters. The second-order valence-corrected chi connectivity index (χ2v) is 3.02. The molecule has 0 bridgehead atoms. The predicted molar refractivity (Wildman–Crippen MR) is 57.8 cm³/mol. The first-order valence-electron chi connectivity index (χ1n) is 4.66. The first-order valence-corrected chi connectivity index (χ1v) is 4.66. The molecule has 0 fully saturated rings. The van der Waals surface area contributed by atoms with Crippen molar-refractivity contribution in [3.05, 3.63) is 41.7 Å². The molecule has 0 heterocycles. The molecule has 0 aliphatic heterocycles. The molecule has 0 saturated heterocycles. The van der Waals surface area contributed by atoms with E-state index in [2.05, 4.69) is 4.74 Å². The lowest BCUT2D eigenvalue weighted by Gasteiger charge is -2.06. The number of carbonyl (C=O) groups is 1. The van der Waals surface area contributed by atoms with E-state index in [0.29, 0.717) is 11.3 Å². The van der Waals surface area contributed by atoms with Gasteiger partial charge in [-0.15, -0.1) is 0 Å². The highest BCUT2D eigenvalue weighted by Gasteiger charge is 2.05. The minimum Gasteiger partial charge on any atom is -0.465 e.